The van der Waals surface area contributed by atoms with E-state index in [1.807, 2.05) is 6.07 Å². The monoisotopic (exact) mass is 398 g/mol. The number of carbonyl (C=O) groups excluding carboxylic acids is 2. The van der Waals surface area contributed by atoms with Crippen molar-refractivity contribution >= 4 is 17.6 Å². The van der Waals surface area contributed by atoms with Gasteiger partial charge in [-0.1, -0.05) is 23.4 Å². The van der Waals surface area contributed by atoms with Crippen LogP contribution in [0.1, 0.15) is 17.7 Å². The Bertz CT molecular complexity index is 883. The minimum Gasteiger partial charge on any atom is -0.383 e. The number of carbonyl (C=O) groups is 2. The van der Waals surface area contributed by atoms with E-state index < -0.39 is 6.04 Å². The number of aromatic nitrogens is 3. The van der Waals surface area contributed by atoms with E-state index in [-0.39, 0.29) is 11.9 Å². The second-order valence-corrected chi connectivity index (χ2v) is 7.38. The molecule has 2 aliphatic rings. The maximum absolute atomic E-state index is 12.8. The minimum absolute atomic E-state index is 0.202. The van der Waals surface area contributed by atoms with Crippen molar-refractivity contribution in [2.75, 3.05) is 38.3 Å². The van der Waals surface area contributed by atoms with E-state index in [9.17, 15) is 9.59 Å². The highest BCUT2D eigenvalue weighted by atomic mass is 16.5. The molecule has 1 aromatic carbocycles. The summed E-state index contributed by atoms with van der Waals surface area (Å²) in [7, 11) is 1.63. The summed E-state index contributed by atoms with van der Waals surface area (Å²) in [5.74, 6) is -0.202. The molecule has 154 valence electrons. The molecule has 1 saturated heterocycles. The maximum atomic E-state index is 12.8. The van der Waals surface area contributed by atoms with Gasteiger partial charge in [0.25, 0.3) is 5.91 Å². The van der Waals surface area contributed by atoms with Crippen molar-refractivity contribution in [3.8, 4) is 0 Å². The Morgan fingerprint density at radius 3 is 2.93 bits per heavy atom. The van der Waals surface area contributed by atoms with Gasteiger partial charge in [-0.05, 0) is 24.5 Å². The molecule has 0 unspecified atom stereocenters. The summed E-state index contributed by atoms with van der Waals surface area (Å²) in [5, 5.41) is 10.9. The van der Waals surface area contributed by atoms with E-state index in [0.717, 1.165) is 19.4 Å². The molecule has 9 nitrogen and oxygen atoms in total. The molecule has 0 spiro atoms. The molecule has 0 bridgehead atoms. The lowest BCUT2D eigenvalue weighted by Crippen LogP contribution is -2.41. The number of imide groups is 1. The molecule has 3 amide bonds. The van der Waals surface area contributed by atoms with Crippen molar-refractivity contribution in [3.63, 3.8) is 0 Å². The molecule has 0 radical (unpaired) electrons. The number of anilines is 1. The fourth-order valence-electron chi connectivity index (χ4n) is 3.93. The molecule has 0 aliphatic carbocycles. The summed E-state index contributed by atoms with van der Waals surface area (Å²) >= 11 is 0. The Hall–Kier alpha value is -2.94. The average molecular weight is 398 g/mol. The summed E-state index contributed by atoms with van der Waals surface area (Å²) in [6.45, 7) is 3.08. The number of benzene rings is 1. The van der Waals surface area contributed by atoms with Crippen LogP contribution in [0.15, 0.2) is 30.5 Å². The van der Waals surface area contributed by atoms with Gasteiger partial charge in [0.15, 0.2) is 0 Å². The van der Waals surface area contributed by atoms with Crippen molar-refractivity contribution in [2.24, 2.45) is 0 Å². The molecular weight excluding hydrogens is 372 g/mol. The van der Waals surface area contributed by atoms with Crippen LogP contribution in [0.4, 0.5) is 10.5 Å². The second kappa shape index (κ2) is 8.60. The van der Waals surface area contributed by atoms with E-state index in [2.05, 4.69) is 38.7 Å². The lowest BCUT2D eigenvalue weighted by molar-refractivity contribution is -0.127. The fraction of sp³-hybridized carbons (Fsp3) is 0.500. The van der Waals surface area contributed by atoms with E-state index in [1.54, 1.807) is 18.0 Å². The summed E-state index contributed by atoms with van der Waals surface area (Å²) in [5.41, 5.74) is 3.20. The number of methoxy groups -OCH3 is 1. The summed E-state index contributed by atoms with van der Waals surface area (Å²) in [6, 6.07) is 7.40. The Morgan fingerprint density at radius 2 is 2.07 bits per heavy atom. The van der Waals surface area contributed by atoms with Crippen molar-refractivity contribution in [1.29, 1.82) is 0 Å². The number of urea groups is 1. The SMILES string of the molecule is COCCn1cc(C[C@H]2NC(=O)N(CCN3CCCc4ccccc43)C2=O)nn1. The number of nitrogens with zero attached hydrogens (tertiary/aromatic N) is 5. The van der Waals surface area contributed by atoms with Crippen LogP contribution < -0.4 is 10.2 Å². The third kappa shape index (κ3) is 4.24. The average Bonchev–Trinajstić information content (AvgIpc) is 3.29. The van der Waals surface area contributed by atoms with Gasteiger partial charge in [-0.3, -0.25) is 9.69 Å². The number of fused-ring (bicyclic) bond motifs is 1. The normalized spacial score (nSPS) is 18.9. The molecule has 2 aromatic rings. The molecule has 0 saturated carbocycles. The standard InChI is InChI=1S/C20H26N6O3/c1-29-12-11-25-14-16(22-23-25)13-17-19(27)26(20(28)21-17)10-9-24-8-4-6-15-5-2-3-7-18(15)24/h2-3,5,7,14,17H,4,6,8-13H2,1H3,(H,21,28)/t17-/m1/s1. The molecule has 2 aliphatic heterocycles. The third-order valence-corrected chi connectivity index (χ3v) is 5.43. The van der Waals surface area contributed by atoms with E-state index in [4.69, 9.17) is 4.74 Å². The summed E-state index contributed by atoms with van der Waals surface area (Å²) in [4.78, 5) is 28.7. The number of ether oxygens (including phenoxy) is 1. The minimum atomic E-state index is -0.594. The number of nitrogens with one attached hydrogen (secondary N) is 1. The van der Waals surface area contributed by atoms with Gasteiger partial charge in [-0.25, -0.2) is 9.48 Å². The first-order valence-electron chi connectivity index (χ1n) is 9.98. The smallest absolute Gasteiger partial charge is 0.324 e. The molecule has 1 fully saturated rings. The number of aryl methyl sites for hydroxylation is 1. The zero-order valence-corrected chi connectivity index (χ0v) is 16.6. The molecule has 9 heteroatoms. The van der Waals surface area contributed by atoms with E-state index in [0.29, 0.717) is 38.4 Å². The predicted octanol–water partition coefficient (Wildman–Crippen LogP) is 0.840. The molecule has 3 heterocycles. The van der Waals surface area contributed by atoms with Crippen LogP contribution in [-0.2, 0) is 28.9 Å². The lowest BCUT2D eigenvalue weighted by Gasteiger charge is -2.32. The Morgan fingerprint density at radius 1 is 1.21 bits per heavy atom. The van der Waals surface area contributed by atoms with Gasteiger partial charge < -0.3 is 15.0 Å². The first-order valence-corrected chi connectivity index (χ1v) is 9.98. The quantitative estimate of drug-likeness (QED) is 0.663. The number of hydrogen-bond donors (Lipinski definition) is 1. The fourth-order valence-corrected chi connectivity index (χ4v) is 3.93. The van der Waals surface area contributed by atoms with Crippen molar-refractivity contribution in [2.45, 2.75) is 31.8 Å². The first kappa shape index (κ1) is 19.4. The highest BCUT2D eigenvalue weighted by molar-refractivity contribution is 6.04. The molecule has 1 N–H and O–H groups in total. The maximum Gasteiger partial charge on any atom is 0.324 e. The predicted molar refractivity (Wildman–Crippen MR) is 107 cm³/mol. The Balaban J connectivity index is 1.35. The van der Waals surface area contributed by atoms with Crippen LogP contribution in [0.3, 0.4) is 0 Å². The number of amides is 3. The topological polar surface area (TPSA) is 92.6 Å². The van der Waals surface area contributed by atoms with Gasteiger partial charge in [0.1, 0.15) is 6.04 Å². The Labute approximate surface area is 169 Å². The van der Waals surface area contributed by atoms with Crippen LogP contribution in [0, 0.1) is 0 Å². The summed E-state index contributed by atoms with van der Waals surface area (Å²) < 4.78 is 6.69. The van der Waals surface area contributed by atoms with Crippen LogP contribution in [0.2, 0.25) is 0 Å². The molecular formula is C20H26N6O3. The summed E-state index contributed by atoms with van der Waals surface area (Å²) in [6.07, 6.45) is 4.27. The highest BCUT2D eigenvalue weighted by Gasteiger charge is 2.38. The van der Waals surface area contributed by atoms with Crippen molar-refractivity contribution in [1.82, 2.24) is 25.2 Å². The third-order valence-electron chi connectivity index (χ3n) is 5.43. The van der Waals surface area contributed by atoms with E-state index in [1.165, 1.54) is 16.2 Å². The van der Waals surface area contributed by atoms with Gasteiger partial charge in [0.05, 0.1) is 18.8 Å². The number of rotatable bonds is 8. The lowest BCUT2D eigenvalue weighted by atomic mass is 10.0. The van der Waals surface area contributed by atoms with Crippen LogP contribution in [0.5, 0.6) is 0 Å². The highest BCUT2D eigenvalue weighted by Crippen LogP contribution is 2.26. The zero-order chi connectivity index (χ0) is 20.2. The van der Waals surface area contributed by atoms with Crippen LogP contribution >= 0.6 is 0 Å². The van der Waals surface area contributed by atoms with Gasteiger partial charge >= 0.3 is 6.03 Å². The molecule has 1 aromatic heterocycles. The first-order chi connectivity index (χ1) is 14.2. The Kier molecular flexibility index (Phi) is 5.75. The molecule has 1 atom stereocenters. The number of para-hydroxylation sites is 1. The van der Waals surface area contributed by atoms with Crippen molar-refractivity contribution < 1.29 is 14.3 Å². The zero-order valence-electron chi connectivity index (χ0n) is 16.6. The van der Waals surface area contributed by atoms with Gasteiger partial charge in [0, 0.05) is 45.0 Å². The van der Waals surface area contributed by atoms with Gasteiger partial charge in [-0.2, -0.15) is 0 Å². The van der Waals surface area contributed by atoms with E-state index >= 15 is 0 Å². The molecule has 4 rings (SSSR count). The number of hydrogen-bond acceptors (Lipinski definition) is 6. The largest absolute Gasteiger partial charge is 0.383 e. The van der Waals surface area contributed by atoms with Crippen LogP contribution in [0.25, 0.3) is 0 Å². The van der Waals surface area contributed by atoms with Crippen molar-refractivity contribution in [3.05, 3.63) is 41.7 Å². The van der Waals surface area contributed by atoms with Gasteiger partial charge in [0.2, 0.25) is 0 Å². The van der Waals surface area contributed by atoms with Gasteiger partial charge in [-0.15, -0.1) is 5.10 Å². The molecule has 29 heavy (non-hydrogen) atoms. The van der Waals surface area contributed by atoms with Crippen LogP contribution in [-0.4, -0.2) is 71.2 Å². The second-order valence-electron chi connectivity index (χ2n) is 7.38.